The zero-order chi connectivity index (χ0) is 15.7. The molecule has 0 saturated carbocycles. The van der Waals surface area contributed by atoms with Crippen molar-refractivity contribution in [2.24, 2.45) is 0 Å². The second-order valence-electron chi connectivity index (χ2n) is 5.14. The molecular formula is C11H18N4O4S2. The van der Waals surface area contributed by atoms with Crippen LogP contribution in [0.15, 0.2) is 0 Å². The first-order valence-corrected chi connectivity index (χ1v) is 9.00. The zero-order valence-corrected chi connectivity index (χ0v) is 13.8. The maximum absolute atomic E-state index is 12.3. The van der Waals surface area contributed by atoms with Crippen molar-refractivity contribution in [3.05, 3.63) is 10.6 Å². The number of hydrogen-bond acceptors (Lipinski definition) is 7. The minimum atomic E-state index is -3.34. The van der Waals surface area contributed by atoms with E-state index in [4.69, 9.17) is 4.74 Å². The monoisotopic (exact) mass is 334 g/mol. The minimum Gasteiger partial charge on any atom is -0.363 e. The number of aryl methyl sites for hydroxylation is 1. The molecule has 0 radical (unpaired) electrons. The fourth-order valence-electron chi connectivity index (χ4n) is 2.01. The molecule has 1 aliphatic heterocycles. The molecule has 118 valence electrons. The molecule has 10 heteroatoms. The Morgan fingerprint density at radius 2 is 2.29 bits per heavy atom. The van der Waals surface area contributed by atoms with Gasteiger partial charge in [0.15, 0.2) is 5.60 Å². The van der Waals surface area contributed by atoms with Gasteiger partial charge in [-0.1, -0.05) is 4.49 Å². The van der Waals surface area contributed by atoms with Crippen LogP contribution in [0.25, 0.3) is 0 Å². The Labute approximate surface area is 127 Å². The minimum absolute atomic E-state index is 0.0115. The van der Waals surface area contributed by atoms with E-state index in [9.17, 15) is 13.2 Å². The molecule has 1 N–H and O–H groups in total. The van der Waals surface area contributed by atoms with Crippen molar-refractivity contribution in [1.29, 1.82) is 0 Å². The molecule has 2 heterocycles. The highest BCUT2D eigenvalue weighted by atomic mass is 32.2. The number of nitrogens with zero attached hydrogens (tertiary/aromatic N) is 3. The number of hydrogen-bond donors (Lipinski definition) is 1. The van der Waals surface area contributed by atoms with Gasteiger partial charge in [-0.2, -0.15) is 4.31 Å². The predicted octanol–water partition coefficient (Wildman–Crippen LogP) is -0.487. The number of carbonyl (C=O) groups is 1. The van der Waals surface area contributed by atoms with E-state index < -0.39 is 15.6 Å². The van der Waals surface area contributed by atoms with Crippen LogP contribution in [-0.2, 0) is 26.1 Å². The molecule has 1 saturated heterocycles. The Morgan fingerprint density at radius 1 is 1.57 bits per heavy atom. The lowest BCUT2D eigenvalue weighted by Gasteiger charge is -2.37. The third-order valence-electron chi connectivity index (χ3n) is 3.34. The molecule has 8 nitrogen and oxygen atoms in total. The molecule has 1 aliphatic rings. The number of rotatable bonds is 4. The lowest BCUT2D eigenvalue weighted by molar-refractivity contribution is -0.152. The Morgan fingerprint density at radius 3 is 2.86 bits per heavy atom. The first kappa shape index (κ1) is 16.3. The van der Waals surface area contributed by atoms with Crippen LogP contribution in [0.2, 0.25) is 0 Å². The summed E-state index contributed by atoms with van der Waals surface area (Å²) in [6.07, 6.45) is 1.13. The SMILES string of the molecule is Cc1nnsc1CNC(=O)[C@]1(C)CN(S(C)(=O)=O)CCO1. The van der Waals surface area contributed by atoms with Gasteiger partial charge in [0, 0.05) is 6.54 Å². The summed E-state index contributed by atoms with van der Waals surface area (Å²) in [6.45, 7) is 4.18. The van der Waals surface area contributed by atoms with E-state index in [1.807, 2.05) is 6.92 Å². The topological polar surface area (TPSA) is 101 Å². The van der Waals surface area contributed by atoms with E-state index >= 15 is 0 Å². The number of sulfonamides is 1. The van der Waals surface area contributed by atoms with Gasteiger partial charge in [0.25, 0.3) is 5.91 Å². The molecule has 0 spiro atoms. The summed E-state index contributed by atoms with van der Waals surface area (Å²) in [6, 6.07) is 0. The lowest BCUT2D eigenvalue weighted by atomic mass is 10.0. The molecule has 0 aliphatic carbocycles. The Hall–Kier alpha value is -1.10. The third-order valence-corrected chi connectivity index (χ3v) is 5.42. The standard InChI is InChI=1S/C11H18N4O4S2/c1-8-9(20-14-13-8)6-12-10(16)11(2)7-15(4-5-19-11)21(3,17)18/h4-7H2,1-3H3,(H,12,16)/t11-/m0/s1. The summed E-state index contributed by atoms with van der Waals surface area (Å²) in [5.41, 5.74) is -0.416. The van der Waals surface area contributed by atoms with Crippen LogP contribution in [0.5, 0.6) is 0 Å². The molecule has 0 aromatic carbocycles. The van der Waals surface area contributed by atoms with Gasteiger partial charge in [-0.3, -0.25) is 4.79 Å². The maximum atomic E-state index is 12.3. The quantitative estimate of drug-likeness (QED) is 0.797. The van der Waals surface area contributed by atoms with Crippen molar-refractivity contribution in [3.63, 3.8) is 0 Å². The molecule has 1 aromatic heterocycles. The summed E-state index contributed by atoms with van der Waals surface area (Å²) in [5, 5.41) is 6.62. The molecule has 0 unspecified atom stereocenters. The van der Waals surface area contributed by atoms with Crippen molar-refractivity contribution in [2.75, 3.05) is 26.0 Å². The van der Waals surface area contributed by atoms with Crippen LogP contribution in [0.4, 0.5) is 0 Å². The highest BCUT2D eigenvalue weighted by Gasteiger charge is 2.41. The van der Waals surface area contributed by atoms with E-state index in [1.165, 1.54) is 15.8 Å². The van der Waals surface area contributed by atoms with Gasteiger partial charge in [0.1, 0.15) is 0 Å². The summed E-state index contributed by atoms with van der Waals surface area (Å²) < 4.78 is 33.8. The number of aromatic nitrogens is 2. The Balaban J connectivity index is 2.02. The van der Waals surface area contributed by atoms with Crippen molar-refractivity contribution in [3.8, 4) is 0 Å². The fraction of sp³-hybridized carbons (Fsp3) is 0.727. The molecule has 0 bridgehead atoms. The smallest absolute Gasteiger partial charge is 0.253 e. The predicted molar refractivity (Wildman–Crippen MR) is 77.3 cm³/mol. The first-order valence-electron chi connectivity index (χ1n) is 6.37. The second-order valence-corrected chi connectivity index (χ2v) is 7.96. The van der Waals surface area contributed by atoms with Crippen molar-refractivity contribution in [1.82, 2.24) is 19.2 Å². The molecule has 1 aromatic rings. The van der Waals surface area contributed by atoms with E-state index in [0.717, 1.165) is 16.8 Å². The number of ether oxygens (including phenoxy) is 1. The summed E-state index contributed by atoms with van der Waals surface area (Å²) in [5.74, 6) is -0.344. The summed E-state index contributed by atoms with van der Waals surface area (Å²) in [4.78, 5) is 13.2. The highest BCUT2D eigenvalue weighted by molar-refractivity contribution is 7.88. The first-order chi connectivity index (χ1) is 9.72. The van der Waals surface area contributed by atoms with Crippen LogP contribution in [0.1, 0.15) is 17.5 Å². The zero-order valence-electron chi connectivity index (χ0n) is 12.1. The average molecular weight is 334 g/mol. The second kappa shape index (κ2) is 5.95. The normalized spacial score (nSPS) is 24.0. The van der Waals surface area contributed by atoms with Gasteiger partial charge in [-0.25, -0.2) is 8.42 Å². The highest BCUT2D eigenvalue weighted by Crippen LogP contribution is 2.20. The molecule has 1 amide bonds. The maximum Gasteiger partial charge on any atom is 0.253 e. The molecule has 1 fully saturated rings. The largest absolute Gasteiger partial charge is 0.363 e. The van der Waals surface area contributed by atoms with Crippen LogP contribution in [0.3, 0.4) is 0 Å². The van der Waals surface area contributed by atoms with Crippen LogP contribution >= 0.6 is 11.5 Å². The van der Waals surface area contributed by atoms with Gasteiger partial charge in [0.05, 0.1) is 36.5 Å². The average Bonchev–Trinajstić information content (AvgIpc) is 2.80. The van der Waals surface area contributed by atoms with Gasteiger partial charge >= 0.3 is 0 Å². The van der Waals surface area contributed by atoms with Crippen LogP contribution in [0, 0.1) is 6.92 Å². The van der Waals surface area contributed by atoms with E-state index in [0.29, 0.717) is 6.54 Å². The Bertz CT molecular complexity index is 630. The molecule has 1 atom stereocenters. The van der Waals surface area contributed by atoms with Crippen molar-refractivity contribution < 1.29 is 17.9 Å². The van der Waals surface area contributed by atoms with E-state index in [1.54, 1.807) is 6.92 Å². The van der Waals surface area contributed by atoms with Gasteiger partial charge < -0.3 is 10.1 Å². The van der Waals surface area contributed by atoms with Gasteiger partial charge in [0.2, 0.25) is 10.0 Å². The number of nitrogens with one attached hydrogen (secondary N) is 1. The lowest BCUT2D eigenvalue weighted by Crippen LogP contribution is -2.59. The summed E-state index contributed by atoms with van der Waals surface area (Å²) in [7, 11) is -3.34. The van der Waals surface area contributed by atoms with E-state index in [-0.39, 0.29) is 25.6 Å². The molecular weight excluding hydrogens is 316 g/mol. The molecule has 21 heavy (non-hydrogen) atoms. The van der Waals surface area contributed by atoms with Gasteiger partial charge in [-0.15, -0.1) is 5.10 Å². The molecule has 2 rings (SSSR count). The third kappa shape index (κ3) is 3.76. The van der Waals surface area contributed by atoms with Crippen molar-refractivity contribution in [2.45, 2.75) is 26.0 Å². The van der Waals surface area contributed by atoms with E-state index in [2.05, 4.69) is 14.9 Å². The fourth-order valence-corrected chi connectivity index (χ4v) is 3.47. The van der Waals surface area contributed by atoms with Gasteiger partial charge in [-0.05, 0) is 25.4 Å². The van der Waals surface area contributed by atoms with Crippen LogP contribution < -0.4 is 5.32 Å². The Kier molecular flexibility index (Phi) is 4.61. The van der Waals surface area contributed by atoms with Crippen molar-refractivity contribution >= 4 is 27.5 Å². The van der Waals surface area contributed by atoms with Crippen LogP contribution in [-0.4, -0.2) is 59.8 Å². The number of carbonyl (C=O) groups excluding carboxylic acids is 1. The number of amides is 1. The number of morpholine rings is 1. The summed E-state index contributed by atoms with van der Waals surface area (Å²) >= 11 is 1.22.